The maximum absolute atomic E-state index is 10.6. The molecule has 16 heavy (non-hydrogen) atoms. The number of nitrogens with zero attached hydrogens (tertiary/aromatic N) is 3. The van der Waals surface area contributed by atoms with Crippen molar-refractivity contribution in [3.8, 4) is 0 Å². The van der Waals surface area contributed by atoms with Gasteiger partial charge in [-0.15, -0.1) is 0 Å². The van der Waals surface area contributed by atoms with Gasteiger partial charge in [0.05, 0.1) is 12.1 Å². The Morgan fingerprint density at radius 3 is 2.81 bits per heavy atom. The van der Waals surface area contributed by atoms with Crippen LogP contribution in [0.25, 0.3) is 0 Å². The molecule has 1 N–H and O–H groups in total. The van der Waals surface area contributed by atoms with Crippen LogP contribution in [0.4, 0.5) is 0 Å². The molecule has 1 fully saturated rings. The van der Waals surface area contributed by atoms with Crippen LogP contribution in [0.5, 0.6) is 0 Å². The van der Waals surface area contributed by atoms with Crippen LogP contribution in [0.2, 0.25) is 0 Å². The average molecular weight is 223 g/mol. The second-order valence-electron chi connectivity index (χ2n) is 4.65. The first kappa shape index (κ1) is 11.1. The van der Waals surface area contributed by atoms with Crippen LogP contribution >= 0.6 is 0 Å². The molecule has 0 aromatic carbocycles. The average Bonchev–Trinajstić information content (AvgIpc) is 2.58. The van der Waals surface area contributed by atoms with Gasteiger partial charge in [0.1, 0.15) is 0 Å². The Labute approximate surface area is 94.7 Å². The fourth-order valence-corrected chi connectivity index (χ4v) is 1.85. The van der Waals surface area contributed by atoms with E-state index in [4.69, 9.17) is 5.11 Å². The summed E-state index contributed by atoms with van der Waals surface area (Å²) in [6, 6.07) is 0.372. The monoisotopic (exact) mass is 223 g/mol. The topological polar surface area (TPSA) is 58.4 Å². The van der Waals surface area contributed by atoms with Crippen LogP contribution < -0.4 is 0 Å². The lowest BCUT2D eigenvalue weighted by atomic mass is 10.0. The van der Waals surface area contributed by atoms with Crippen LogP contribution in [0, 0.1) is 5.92 Å². The zero-order chi connectivity index (χ0) is 11.7. The van der Waals surface area contributed by atoms with Crippen LogP contribution in [-0.4, -0.2) is 38.8 Å². The molecule has 1 aromatic heterocycles. The van der Waals surface area contributed by atoms with E-state index < -0.39 is 5.97 Å². The Balaban J connectivity index is 1.84. The number of carboxylic acid groups (broad SMARTS) is 1. The molecular formula is C11H17N3O2. The van der Waals surface area contributed by atoms with Crippen LogP contribution in [0.1, 0.15) is 25.5 Å². The molecule has 0 atom stereocenters. The molecule has 0 saturated carbocycles. The fraction of sp³-hybridized carbons (Fsp3) is 0.636. The molecule has 5 nitrogen and oxygen atoms in total. The fourth-order valence-electron chi connectivity index (χ4n) is 1.85. The summed E-state index contributed by atoms with van der Waals surface area (Å²) in [7, 11) is 0. The molecule has 2 rings (SSSR count). The van der Waals surface area contributed by atoms with Gasteiger partial charge in [0.15, 0.2) is 0 Å². The first-order valence-corrected chi connectivity index (χ1v) is 5.54. The molecule has 1 aliphatic heterocycles. The summed E-state index contributed by atoms with van der Waals surface area (Å²) in [5, 5.41) is 13.0. The van der Waals surface area contributed by atoms with E-state index in [-0.39, 0.29) is 5.92 Å². The van der Waals surface area contributed by atoms with Gasteiger partial charge >= 0.3 is 5.97 Å². The lowest BCUT2D eigenvalue weighted by molar-refractivity contribution is -0.147. The van der Waals surface area contributed by atoms with Crippen LogP contribution in [0.15, 0.2) is 12.4 Å². The quantitative estimate of drug-likeness (QED) is 0.826. The highest BCUT2D eigenvalue weighted by Crippen LogP contribution is 2.18. The van der Waals surface area contributed by atoms with E-state index in [1.54, 1.807) is 0 Å². The highest BCUT2D eigenvalue weighted by Gasteiger charge is 2.32. The van der Waals surface area contributed by atoms with Gasteiger partial charge in [-0.1, -0.05) is 0 Å². The van der Waals surface area contributed by atoms with E-state index in [0.29, 0.717) is 19.1 Å². The molecule has 1 saturated heterocycles. The number of hydrogen-bond acceptors (Lipinski definition) is 3. The molecule has 0 spiro atoms. The smallest absolute Gasteiger partial charge is 0.309 e. The molecule has 0 aliphatic carbocycles. The predicted octanol–water partition coefficient (Wildman–Crippen LogP) is 0.980. The Bertz CT molecular complexity index is 380. The lowest BCUT2D eigenvalue weighted by Gasteiger charge is -2.36. The number of hydrogen-bond donors (Lipinski definition) is 1. The molecule has 0 radical (unpaired) electrons. The third-order valence-corrected chi connectivity index (χ3v) is 2.90. The Kier molecular flexibility index (Phi) is 2.96. The first-order valence-electron chi connectivity index (χ1n) is 5.54. The van der Waals surface area contributed by atoms with Crippen molar-refractivity contribution in [3.05, 3.63) is 18.0 Å². The SMILES string of the molecule is CC(C)n1cc(CN2CC(C(=O)O)C2)cn1. The highest BCUT2D eigenvalue weighted by molar-refractivity contribution is 5.71. The number of carboxylic acids is 1. The van der Waals surface area contributed by atoms with Crippen molar-refractivity contribution in [2.75, 3.05) is 13.1 Å². The molecule has 1 aromatic rings. The zero-order valence-corrected chi connectivity index (χ0v) is 9.63. The largest absolute Gasteiger partial charge is 0.481 e. The molecule has 0 unspecified atom stereocenters. The van der Waals surface area contributed by atoms with Crippen molar-refractivity contribution in [1.29, 1.82) is 0 Å². The van der Waals surface area contributed by atoms with E-state index in [2.05, 4.69) is 23.8 Å². The van der Waals surface area contributed by atoms with Gasteiger partial charge in [-0.25, -0.2) is 0 Å². The number of aliphatic carboxylic acids is 1. The Hall–Kier alpha value is -1.36. The minimum absolute atomic E-state index is 0.180. The van der Waals surface area contributed by atoms with Crippen molar-refractivity contribution in [2.45, 2.75) is 26.4 Å². The van der Waals surface area contributed by atoms with Gasteiger partial charge in [-0.05, 0) is 13.8 Å². The van der Waals surface area contributed by atoms with Crippen LogP contribution in [0.3, 0.4) is 0 Å². The van der Waals surface area contributed by atoms with E-state index >= 15 is 0 Å². The van der Waals surface area contributed by atoms with Gasteiger partial charge < -0.3 is 5.11 Å². The van der Waals surface area contributed by atoms with E-state index in [0.717, 1.165) is 12.1 Å². The highest BCUT2D eigenvalue weighted by atomic mass is 16.4. The molecule has 88 valence electrons. The summed E-state index contributed by atoms with van der Waals surface area (Å²) in [5.74, 6) is -0.866. The Morgan fingerprint density at radius 2 is 2.31 bits per heavy atom. The standard InChI is InChI=1S/C11H17N3O2/c1-8(2)14-5-9(3-12-14)4-13-6-10(7-13)11(15)16/h3,5,8,10H,4,6-7H2,1-2H3,(H,15,16). The lowest BCUT2D eigenvalue weighted by Crippen LogP contribution is -2.49. The summed E-state index contributed by atoms with van der Waals surface area (Å²) in [6.07, 6.45) is 3.88. The summed E-state index contributed by atoms with van der Waals surface area (Å²) >= 11 is 0. The van der Waals surface area contributed by atoms with Gasteiger partial charge in [0.25, 0.3) is 0 Å². The minimum Gasteiger partial charge on any atom is -0.481 e. The minimum atomic E-state index is -0.686. The number of carbonyl (C=O) groups is 1. The maximum atomic E-state index is 10.6. The van der Waals surface area contributed by atoms with Gasteiger partial charge in [-0.2, -0.15) is 5.10 Å². The number of likely N-dealkylation sites (tertiary alicyclic amines) is 1. The van der Waals surface area contributed by atoms with Gasteiger partial charge in [-0.3, -0.25) is 14.4 Å². The number of rotatable bonds is 4. The van der Waals surface area contributed by atoms with E-state index in [1.807, 2.05) is 17.1 Å². The molecule has 0 amide bonds. The number of aromatic nitrogens is 2. The van der Waals surface area contributed by atoms with Crippen LogP contribution in [-0.2, 0) is 11.3 Å². The predicted molar refractivity (Wildman–Crippen MR) is 59.0 cm³/mol. The molecule has 5 heteroatoms. The Morgan fingerprint density at radius 1 is 1.62 bits per heavy atom. The normalized spacial score (nSPS) is 17.7. The second-order valence-corrected chi connectivity index (χ2v) is 4.65. The van der Waals surface area contributed by atoms with Crippen molar-refractivity contribution in [3.63, 3.8) is 0 Å². The maximum Gasteiger partial charge on any atom is 0.309 e. The van der Waals surface area contributed by atoms with Crippen molar-refractivity contribution in [1.82, 2.24) is 14.7 Å². The second kappa shape index (κ2) is 4.25. The van der Waals surface area contributed by atoms with Gasteiger partial charge in [0, 0.05) is 37.4 Å². The third kappa shape index (κ3) is 2.24. The van der Waals surface area contributed by atoms with Crippen molar-refractivity contribution >= 4 is 5.97 Å². The zero-order valence-electron chi connectivity index (χ0n) is 9.63. The summed E-state index contributed by atoms with van der Waals surface area (Å²) in [6.45, 7) is 6.28. The van der Waals surface area contributed by atoms with E-state index in [9.17, 15) is 4.79 Å². The molecule has 0 bridgehead atoms. The molecule has 1 aliphatic rings. The first-order chi connectivity index (χ1) is 7.56. The molecule has 2 heterocycles. The van der Waals surface area contributed by atoms with E-state index in [1.165, 1.54) is 0 Å². The summed E-state index contributed by atoms with van der Waals surface area (Å²) in [5.41, 5.74) is 1.15. The van der Waals surface area contributed by atoms with Gasteiger partial charge in [0.2, 0.25) is 0 Å². The third-order valence-electron chi connectivity index (χ3n) is 2.90. The molecular weight excluding hydrogens is 206 g/mol. The summed E-state index contributed by atoms with van der Waals surface area (Å²) < 4.78 is 1.92. The van der Waals surface area contributed by atoms with Crippen molar-refractivity contribution < 1.29 is 9.90 Å². The summed E-state index contributed by atoms with van der Waals surface area (Å²) in [4.78, 5) is 12.8. The van der Waals surface area contributed by atoms with Crippen molar-refractivity contribution in [2.24, 2.45) is 5.92 Å².